The Balaban J connectivity index is 2.86. The van der Waals surface area contributed by atoms with Crippen LogP contribution in [0.2, 0.25) is 0 Å². The van der Waals surface area contributed by atoms with Crippen LogP contribution in [0.3, 0.4) is 0 Å². The van der Waals surface area contributed by atoms with E-state index in [-0.39, 0.29) is 6.42 Å². The third-order valence-electron chi connectivity index (χ3n) is 1.74. The minimum atomic E-state index is -0.428. The van der Waals surface area contributed by atoms with Crippen molar-refractivity contribution in [3.63, 3.8) is 0 Å². The maximum atomic E-state index is 12.9. The lowest BCUT2D eigenvalue weighted by atomic mass is 10.1. The Bertz CT molecular complexity index is 336. The van der Waals surface area contributed by atoms with Gasteiger partial charge in [-0.25, -0.2) is 4.39 Å². The minimum Gasteiger partial charge on any atom is -0.497 e. The Morgan fingerprint density at radius 1 is 1.36 bits per heavy atom. The molecule has 1 aromatic carbocycles. The topological polar surface area (TPSA) is 35.5 Å². The summed E-state index contributed by atoms with van der Waals surface area (Å²) in [5.74, 6) is -0.440. The highest BCUT2D eigenvalue weighted by atomic mass is 19.1. The normalized spacial score (nSPS) is 9.64. The van der Waals surface area contributed by atoms with Crippen molar-refractivity contribution in [2.24, 2.45) is 0 Å². The number of hydrogen-bond donors (Lipinski definition) is 0. The average molecular weight is 198 g/mol. The van der Waals surface area contributed by atoms with Gasteiger partial charge in [-0.3, -0.25) is 4.79 Å². The van der Waals surface area contributed by atoms with Gasteiger partial charge in [-0.05, 0) is 17.7 Å². The molecular formula is C10H11FO3. The third kappa shape index (κ3) is 2.73. The Kier molecular flexibility index (Phi) is 3.45. The van der Waals surface area contributed by atoms with Crippen molar-refractivity contribution in [2.45, 2.75) is 6.42 Å². The van der Waals surface area contributed by atoms with Gasteiger partial charge >= 0.3 is 5.97 Å². The van der Waals surface area contributed by atoms with Gasteiger partial charge in [0.2, 0.25) is 0 Å². The van der Waals surface area contributed by atoms with Crippen LogP contribution in [0.5, 0.6) is 5.75 Å². The van der Waals surface area contributed by atoms with E-state index in [1.54, 1.807) is 6.07 Å². The van der Waals surface area contributed by atoms with Crippen LogP contribution in [-0.4, -0.2) is 20.2 Å². The van der Waals surface area contributed by atoms with Gasteiger partial charge in [0.05, 0.1) is 20.6 Å². The second-order valence-corrected chi connectivity index (χ2v) is 2.75. The van der Waals surface area contributed by atoms with Crippen molar-refractivity contribution < 1.29 is 18.7 Å². The molecule has 0 aliphatic carbocycles. The Morgan fingerprint density at radius 3 is 2.64 bits per heavy atom. The predicted octanol–water partition coefficient (Wildman–Crippen LogP) is 1.55. The van der Waals surface area contributed by atoms with Crippen LogP contribution in [-0.2, 0) is 16.0 Å². The first-order chi connectivity index (χ1) is 6.65. The number of hydrogen-bond acceptors (Lipinski definition) is 3. The number of carbonyl (C=O) groups is 1. The van der Waals surface area contributed by atoms with Gasteiger partial charge in [-0.1, -0.05) is 0 Å². The first-order valence-electron chi connectivity index (χ1n) is 4.06. The molecular weight excluding hydrogens is 187 g/mol. The molecule has 0 aromatic heterocycles. The number of methoxy groups -OCH3 is 2. The molecule has 0 heterocycles. The summed E-state index contributed by atoms with van der Waals surface area (Å²) in [5, 5.41) is 0. The zero-order valence-electron chi connectivity index (χ0n) is 8.04. The van der Waals surface area contributed by atoms with Crippen LogP contribution in [0.15, 0.2) is 18.2 Å². The van der Waals surface area contributed by atoms with Gasteiger partial charge in [-0.15, -0.1) is 0 Å². The van der Waals surface area contributed by atoms with E-state index in [0.29, 0.717) is 11.3 Å². The molecule has 0 atom stereocenters. The van der Waals surface area contributed by atoms with E-state index in [0.717, 1.165) is 0 Å². The summed E-state index contributed by atoms with van der Waals surface area (Å²) in [5.41, 5.74) is 0.536. The number of esters is 1. The highest BCUT2D eigenvalue weighted by Gasteiger charge is 2.06. The molecule has 0 N–H and O–H groups in total. The number of carbonyl (C=O) groups excluding carboxylic acids is 1. The fourth-order valence-electron chi connectivity index (χ4n) is 1.08. The summed E-state index contributed by atoms with van der Waals surface area (Å²) in [4.78, 5) is 10.9. The standard InChI is InChI=1S/C10H11FO3/c1-13-9-4-7(3-8(11)6-9)5-10(12)14-2/h3-4,6H,5H2,1-2H3. The fourth-order valence-corrected chi connectivity index (χ4v) is 1.08. The molecule has 0 radical (unpaired) electrons. The summed E-state index contributed by atoms with van der Waals surface area (Å²) in [6.45, 7) is 0. The van der Waals surface area contributed by atoms with Crippen molar-refractivity contribution in [1.29, 1.82) is 0 Å². The highest BCUT2D eigenvalue weighted by molar-refractivity contribution is 5.72. The first kappa shape index (κ1) is 10.5. The van der Waals surface area contributed by atoms with Crippen molar-refractivity contribution in [1.82, 2.24) is 0 Å². The largest absolute Gasteiger partial charge is 0.497 e. The first-order valence-corrected chi connectivity index (χ1v) is 4.06. The van der Waals surface area contributed by atoms with Gasteiger partial charge in [0.25, 0.3) is 0 Å². The molecule has 0 amide bonds. The Hall–Kier alpha value is -1.58. The molecule has 14 heavy (non-hydrogen) atoms. The van der Waals surface area contributed by atoms with Crippen LogP contribution in [0.25, 0.3) is 0 Å². The molecule has 0 aliphatic heterocycles. The SMILES string of the molecule is COC(=O)Cc1cc(F)cc(OC)c1. The Labute approximate surface area is 81.4 Å². The predicted molar refractivity (Wildman–Crippen MR) is 48.7 cm³/mol. The molecule has 0 unspecified atom stereocenters. The van der Waals surface area contributed by atoms with Crippen LogP contribution in [0, 0.1) is 5.82 Å². The number of ether oxygens (including phenoxy) is 2. The van der Waals surface area contributed by atoms with Gasteiger partial charge in [0.1, 0.15) is 11.6 Å². The van der Waals surface area contributed by atoms with E-state index in [1.165, 1.54) is 26.4 Å². The molecule has 3 nitrogen and oxygen atoms in total. The summed E-state index contributed by atoms with van der Waals surface area (Å²) < 4.78 is 22.3. The minimum absolute atomic E-state index is 0.0462. The molecule has 1 aromatic rings. The lowest BCUT2D eigenvalue weighted by Gasteiger charge is -2.04. The lowest BCUT2D eigenvalue weighted by molar-refractivity contribution is -0.139. The average Bonchev–Trinajstić information content (AvgIpc) is 2.16. The number of halogens is 1. The molecule has 0 aliphatic rings. The van der Waals surface area contributed by atoms with Crippen LogP contribution in [0.1, 0.15) is 5.56 Å². The Morgan fingerprint density at radius 2 is 2.07 bits per heavy atom. The van der Waals surface area contributed by atoms with Gasteiger partial charge in [-0.2, -0.15) is 0 Å². The quantitative estimate of drug-likeness (QED) is 0.691. The fraction of sp³-hybridized carbons (Fsp3) is 0.300. The van der Waals surface area contributed by atoms with E-state index in [1.807, 2.05) is 0 Å². The monoisotopic (exact) mass is 198 g/mol. The van der Waals surface area contributed by atoms with Crippen LogP contribution >= 0.6 is 0 Å². The summed E-state index contributed by atoms with van der Waals surface area (Å²) in [6.07, 6.45) is 0.0462. The van der Waals surface area contributed by atoms with Crippen LogP contribution in [0.4, 0.5) is 4.39 Å². The van der Waals surface area contributed by atoms with Crippen molar-refractivity contribution in [2.75, 3.05) is 14.2 Å². The lowest BCUT2D eigenvalue weighted by Crippen LogP contribution is -2.04. The molecule has 1 rings (SSSR count). The second-order valence-electron chi connectivity index (χ2n) is 2.75. The molecule has 76 valence electrons. The van der Waals surface area contributed by atoms with E-state index < -0.39 is 11.8 Å². The van der Waals surface area contributed by atoms with Gasteiger partial charge in [0.15, 0.2) is 0 Å². The maximum absolute atomic E-state index is 12.9. The maximum Gasteiger partial charge on any atom is 0.309 e. The van der Waals surface area contributed by atoms with Crippen molar-refractivity contribution >= 4 is 5.97 Å². The van der Waals surface area contributed by atoms with E-state index in [2.05, 4.69) is 4.74 Å². The van der Waals surface area contributed by atoms with Gasteiger partial charge in [0, 0.05) is 6.07 Å². The zero-order chi connectivity index (χ0) is 10.6. The van der Waals surface area contributed by atoms with E-state index in [4.69, 9.17) is 4.74 Å². The second kappa shape index (κ2) is 4.60. The smallest absolute Gasteiger partial charge is 0.309 e. The summed E-state index contributed by atoms with van der Waals surface area (Å²) >= 11 is 0. The van der Waals surface area contributed by atoms with Crippen molar-refractivity contribution in [3.8, 4) is 5.75 Å². The molecule has 0 saturated heterocycles. The van der Waals surface area contributed by atoms with E-state index >= 15 is 0 Å². The summed E-state index contributed by atoms with van der Waals surface area (Å²) in [7, 11) is 2.73. The molecule has 0 fully saturated rings. The third-order valence-corrected chi connectivity index (χ3v) is 1.74. The molecule has 0 saturated carbocycles. The van der Waals surface area contributed by atoms with Crippen molar-refractivity contribution in [3.05, 3.63) is 29.6 Å². The van der Waals surface area contributed by atoms with E-state index in [9.17, 15) is 9.18 Å². The highest BCUT2D eigenvalue weighted by Crippen LogP contribution is 2.16. The summed E-state index contributed by atoms with van der Waals surface area (Å²) in [6, 6.07) is 4.13. The van der Waals surface area contributed by atoms with Gasteiger partial charge < -0.3 is 9.47 Å². The number of benzene rings is 1. The number of rotatable bonds is 3. The zero-order valence-corrected chi connectivity index (χ0v) is 8.04. The van der Waals surface area contributed by atoms with Crippen LogP contribution < -0.4 is 4.74 Å². The molecule has 4 heteroatoms. The molecule has 0 bridgehead atoms. The molecule has 0 spiro atoms.